The number of amides is 1. The molecular weight excluding hydrogens is 259 g/mol. The first kappa shape index (κ1) is 12.0. The number of hydrogen-bond donors (Lipinski definition) is 2. The molecular formula is C12H10Cl2N2O. The molecule has 0 spiro atoms. The maximum absolute atomic E-state index is 11.8. The molecule has 0 saturated carbocycles. The van der Waals surface area contributed by atoms with Crippen molar-refractivity contribution in [2.24, 2.45) is 0 Å². The zero-order valence-corrected chi connectivity index (χ0v) is 10.6. The van der Waals surface area contributed by atoms with Crippen LogP contribution < -0.4 is 5.32 Å². The summed E-state index contributed by atoms with van der Waals surface area (Å²) in [5.74, 6) is -0.253. The third-order valence-electron chi connectivity index (χ3n) is 2.32. The highest BCUT2D eigenvalue weighted by atomic mass is 35.5. The summed E-state index contributed by atoms with van der Waals surface area (Å²) in [6.07, 6.45) is 1.55. The van der Waals surface area contributed by atoms with Gasteiger partial charge in [0, 0.05) is 16.9 Å². The molecule has 0 unspecified atom stereocenters. The third-order valence-corrected chi connectivity index (χ3v) is 2.95. The SMILES string of the molecule is Cc1ccc(NC(=O)c2cc(Cl)c[nH]2)cc1Cl. The van der Waals surface area contributed by atoms with Crippen molar-refractivity contribution in [2.45, 2.75) is 6.92 Å². The number of aromatic nitrogens is 1. The van der Waals surface area contributed by atoms with E-state index in [0.717, 1.165) is 5.56 Å². The van der Waals surface area contributed by atoms with Crippen LogP contribution in [0.2, 0.25) is 10.0 Å². The van der Waals surface area contributed by atoms with E-state index in [2.05, 4.69) is 10.3 Å². The number of carbonyl (C=O) groups excluding carboxylic acids is 1. The van der Waals surface area contributed by atoms with Crippen LogP contribution in [0.1, 0.15) is 16.1 Å². The molecule has 1 heterocycles. The second kappa shape index (κ2) is 4.82. The fourth-order valence-electron chi connectivity index (χ4n) is 1.37. The van der Waals surface area contributed by atoms with Gasteiger partial charge in [0.05, 0.1) is 5.02 Å². The summed E-state index contributed by atoms with van der Waals surface area (Å²) in [6, 6.07) is 6.91. The summed E-state index contributed by atoms with van der Waals surface area (Å²) >= 11 is 11.7. The smallest absolute Gasteiger partial charge is 0.272 e. The first-order chi connectivity index (χ1) is 8.06. The number of halogens is 2. The van der Waals surface area contributed by atoms with Gasteiger partial charge >= 0.3 is 0 Å². The van der Waals surface area contributed by atoms with E-state index in [1.54, 1.807) is 24.4 Å². The van der Waals surface area contributed by atoms with Crippen LogP contribution >= 0.6 is 23.2 Å². The third kappa shape index (κ3) is 2.81. The van der Waals surface area contributed by atoms with Crippen LogP contribution in [-0.4, -0.2) is 10.9 Å². The largest absolute Gasteiger partial charge is 0.356 e. The van der Waals surface area contributed by atoms with Gasteiger partial charge in [0.25, 0.3) is 5.91 Å². The van der Waals surface area contributed by atoms with Crippen LogP contribution in [0.25, 0.3) is 0 Å². The van der Waals surface area contributed by atoms with E-state index < -0.39 is 0 Å². The molecule has 0 aliphatic carbocycles. The lowest BCUT2D eigenvalue weighted by atomic mass is 10.2. The van der Waals surface area contributed by atoms with Gasteiger partial charge in [0.15, 0.2) is 0 Å². The summed E-state index contributed by atoms with van der Waals surface area (Å²) in [5, 5.41) is 3.84. The number of rotatable bonds is 2. The Hall–Kier alpha value is -1.45. The van der Waals surface area contributed by atoms with E-state index in [1.807, 2.05) is 13.0 Å². The highest BCUT2D eigenvalue weighted by Gasteiger charge is 2.08. The molecule has 0 saturated heterocycles. The van der Waals surface area contributed by atoms with Gasteiger partial charge in [0.1, 0.15) is 5.69 Å². The molecule has 2 N–H and O–H groups in total. The minimum absolute atomic E-state index is 0.253. The van der Waals surface area contributed by atoms with Crippen molar-refractivity contribution in [1.29, 1.82) is 0 Å². The van der Waals surface area contributed by atoms with E-state index in [-0.39, 0.29) is 5.91 Å². The van der Waals surface area contributed by atoms with Crippen molar-refractivity contribution in [2.75, 3.05) is 5.32 Å². The number of aryl methyl sites for hydroxylation is 1. The Balaban J connectivity index is 2.15. The lowest BCUT2D eigenvalue weighted by Crippen LogP contribution is -2.12. The molecule has 0 aliphatic heterocycles. The average Bonchev–Trinajstić information content (AvgIpc) is 2.70. The minimum Gasteiger partial charge on any atom is -0.356 e. The molecule has 1 aromatic carbocycles. The predicted molar refractivity (Wildman–Crippen MR) is 69.9 cm³/mol. The average molecular weight is 269 g/mol. The van der Waals surface area contributed by atoms with Gasteiger partial charge < -0.3 is 10.3 Å². The summed E-state index contributed by atoms with van der Waals surface area (Å²) < 4.78 is 0. The topological polar surface area (TPSA) is 44.9 Å². The number of hydrogen-bond acceptors (Lipinski definition) is 1. The van der Waals surface area contributed by atoms with Crippen molar-refractivity contribution in [3.63, 3.8) is 0 Å². The van der Waals surface area contributed by atoms with Gasteiger partial charge in [-0.2, -0.15) is 0 Å². The number of aromatic amines is 1. The molecule has 0 radical (unpaired) electrons. The van der Waals surface area contributed by atoms with Crippen LogP contribution in [0.5, 0.6) is 0 Å². The van der Waals surface area contributed by atoms with E-state index in [4.69, 9.17) is 23.2 Å². The van der Waals surface area contributed by atoms with E-state index >= 15 is 0 Å². The molecule has 1 aromatic heterocycles. The summed E-state index contributed by atoms with van der Waals surface area (Å²) in [4.78, 5) is 14.6. The zero-order valence-electron chi connectivity index (χ0n) is 9.05. The normalized spacial score (nSPS) is 10.3. The molecule has 0 bridgehead atoms. The molecule has 5 heteroatoms. The molecule has 2 rings (SSSR count). The van der Waals surface area contributed by atoms with Crippen molar-refractivity contribution in [1.82, 2.24) is 4.98 Å². The minimum atomic E-state index is -0.253. The van der Waals surface area contributed by atoms with Gasteiger partial charge in [-0.25, -0.2) is 0 Å². The van der Waals surface area contributed by atoms with Crippen molar-refractivity contribution < 1.29 is 4.79 Å². The first-order valence-electron chi connectivity index (χ1n) is 4.97. The van der Waals surface area contributed by atoms with E-state index in [9.17, 15) is 4.79 Å². The zero-order chi connectivity index (χ0) is 12.4. The second-order valence-corrected chi connectivity index (χ2v) is 4.49. The number of benzene rings is 1. The molecule has 0 aliphatic rings. The summed E-state index contributed by atoms with van der Waals surface area (Å²) in [6.45, 7) is 1.90. The lowest BCUT2D eigenvalue weighted by Gasteiger charge is -2.05. The Morgan fingerprint density at radius 3 is 2.65 bits per heavy atom. The van der Waals surface area contributed by atoms with Crippen molar-refractivity contribution in [3.05, 3.63) is 51.8 Å². The molecule has 0 fully saturated rings. The maximum Gasteiger partial charge on any atom is 0.272 e. The Kier molecular flexibility index (Phi) is 3.41. The van der Waals surface area contributed by atoms with E-state index in [1.165, 1.54) is 0 Å². The van der Waals surface area contributed by atoms with Gasteiger partial charge in [-0.15, -0.1) is 0 Å². The first-order valence-corrected chi connectivity index (χ1v) is 5.73. The Morgan fingerprint density at radius 1 is 1.29 bits per heavy atom. The van der Waals surface area contributed by atoms with E-state index in [0.29, 0.717) is 21.4 Å². The highest BCUT2D eigenvalue weighted by Crippen LogP contribution is 2.20. The van der Waals surface area contributed by atoms with Gasteiger partial charge in [-0.3, -0.25) is 4.79 Å². The quantitative estimate of drug-likeness (QED) is 0.853. The molecule has 0 atom stereocenters. The highest BCUT2D eigenvalue weighted by molar-refractivity contribution is 6.32. The number of carbonyl (C=O) groups is 1. The lowest BCUT2D eigenvalue weighted by molar-refractivity contribution is 0.102. The van der Waals surface area contributed by atoms with Crippen LogP contribution in [0.15, 0.2) is 30.5 Å². The van der Waals surface area contributed by atoms with Crippen LogP contribution in [-0.2, 0) is 0 Å². The summed E-state index contributed by atoms with van der Waals surface area (Å²) in [5.41, 5.74) is 2.02. The summed E-state index contributed by atoms with van der Waals surface area (Å²) in [7, 11) is 0. The Labute approximate surface area is 109 Å². The van der Waals surface area contributed by atoms with Crippen molar-refractivity contribution in [3.8, 4) is 0 Å². The predicted octanol–water partition coefficient (Wildman–Crippen LogP) is 3.88. The Bertz CT molecular complexity index is 563. The molecule has 1 amide bonds. The van der Waals surface area contributed by atoms with Crippen LogP contribution in [0.4, 0.5) is 5.69 Å². The molecule has 2 aromatic rings. The second-order valence-electron chi connectivity index (χ2n) is 3.65. The Morgan fingerprint density at radius 2 is 2.06 bits per heavy atom. The molecule has 88 valence electrons. The van der Waals surface area contributed by atoms with Crippen molar-refractivity contribution >= 4 is 34.8 Å². The fourth-order valence-corrected chi connectivity index (χ4v) is 1.71. The number of nitrogens with one attached hydrogen (secondary N) is 2. The number of anilines is 1. The molecule has 3 nitrogen and oxygen atoms in total. The van der Waals surface area contributed by atoms with Gasteiger partial charge in [0.2, 0.25) is 0 Å². The molecule has 17 heavy (non-hydrogen) atoms. The van der Waals surface area contributed by atoms with Crippen LogP contribution in [0.3, 0.4) is 0 Å². The fraction of sp³-hybridized carbons (Fsp3) is 0.0833. The maximum atomic E-state index is 11.8. The monoisotopic (exact) mass is 268 g/mol. The number of H-pyrrole nitrogens is 1. The standard InChI is InChI=1S/C12H10Cl2N2O/c1-7-2-3-9(5-10(7)14)16-12(17)11-4-8(13)6-15-11/h2-6,15H,1H3,(H,16,17). The van der Waals surface area contributed by atoms with Gasteiger partial charge in [-0.05, 0) is 30.7 Å². The van der Waals surface area contributed by atoms with Crippen LogP contribution in [0, 0.1) is 6.92 Å². The van der Waals surface area contributed by atoms with Gasteiger partial charge in [-0.1, -0.05) is 29.3 Å².